The van der Waals surface area contributed by atoms with Gasteiger partial charge in [-0.05, 0) is 0 Å². The second kappa shape index (κ2) is 11.2. The molecule has 8 rings (SSSR count). The molecule has 0 amide bonds. The third-order valence-electron chi connectivity index (χ3n) is 10.7. The molecule has 0 aromatic heterocycles. The monoisotopic (exact) mass is 774 g/mol. The van der Waals surface area contributed by atoms with E-state index in [9.17, 15) is 0 Å². The molecule has 6 aromatic rings. The fourth-order valence-electron chi connectivity index (χ4n) is 8.64. The van der Waals surface area contributed by atoms with Crippen LogP contribution in [-0.2, 0) is 13.3 Å². The minimum absolute atomic E-state index is 0.0835. The Labute approximate surface area is 281 Å². The summed E-state index contributed by atoms with van der Waals surface area (Å²) in [4.78, 5) is 0. The van der Waals surface area contributed by atoms with Crippen LogP contribution in [-0.4, -0.2) is 9.98 Å². The molecule has 0 bridgehead atoms. The van der Waals surface area contributed by atoms with Crippen molar-refractivity contribution >= 4 is 60.7 Å². The van der Waals surface area contributed by atoms with Crippen molar-refractivity contribution in [1.29, 1.82) is 0 Å². The molecule has 0 aliphatic heterocycles. The molecule has 6 aromatic carbocycles. The van der Waals surface area contributed by atoms with E-state index in [0.29, 0.717) is 0 Å². The van der Waals surface area contributed by atoms with Crippen molar-refractivity contribution in [1.82, 2.24) is 0 Å². The Morgan fingerprint density at radius 3 is 1.28 bits per heavy atom. The summed E-state index contributed by atoms with van der Waals surface area (Å²) < 4.78 is 0.167. The van der Waals surface area contributed by atoms with E-state index in [2.05, 4.69) is 159 Å². The first-order chi connectivity index (χ1) is 22.2. The predicted octanol–water partition coefficient (Wildman–Crippen LogP) is 13.2. The predicted molar refractivity (Wildman–Crippen MR) is 201 cm³/mol. The van der Waals surface area contributed by atoms with Crippen LogP contribution in [0.5, 0.6) is 0 Å². The van der Waals surface area contributed by atoms with Crippen LogP contribution in [0.1, 0.15) is 43.4 Å². The number of benzene rings is 6. The number of halogens is 2. The van der Waals surface area contributed by atoms with Gasteiger partial charge in [0.25, 0.3) is 0 Å². The summed E-state index contributed by atoms with van der Waals surface area (Å²) in [5.41, 5.74) is 13.0. The van der Waals surface area contributed by atoms with Gasteiger partial charge in [0.1, 0.15) is 0 Å². The average Bonchev–Trinajstić information content (AvgIpc) is 3.60. The van der Waals surface area contributed by atoms with Gasteiger partial charge >= 0.3 is 284 Å². The van der Waals surface area contributed by atoms with Crippen molar-refractivity contribution in [2.45, 2.75) is 32.6 Å². The second-order valence-electron chi connectivity index (χ2n) is 13.5. The molecule has 0 spiro atoms. The fourth-order valence-corrected chi connectivity index (χ4v) is 51.6. The summed E-state index contributed by atoms with van der Waals surface area (Å²) >= 11 is -4.75. The number of hydrogen-bond acceptors (Lipinski definition) is 0. The molecule has 46 heavy (non-hydrogen) atoms. The Balaban J connectivity index is 1.33. The van der Waals surface area contributed by atoms with Crippen LogP contribution < -0.4 is 0 Å². The second-order valence-corrected chi connectivity index (χ2v) is 71.0. The van der Waals surface area contributed by atoms with Crippen LogP contribution in [0.4, 0.5) is 0 Å². The van der Waals surface area contributed by atoms with E-state index in [-0.39, 0.29) is 7.25 Å². The summed E-state index contributed by atoms with van der Waals surface area (Å²) in [5.74, 6) is 4.90. The molecule has 4 heteroatoms. The number of rotatable bonds is 4. The zero-order valence-corrected chi connectivity index (χ0v) is 32.7. The number of fused-ring (bicyclic) bond motifs is 4. The van der Waals surface area contributed by atoms with Crippen molar-refractivity contribution in [2.24, 2.45) is 0 Å². The maximum atomic E-state index is 8.54. The molecule has 0 fully saturated rings. The Morgan fingerprint density at radius 2 is 0.848 bits per heavy atom. The number of allylic oxidation sites excluding steroid dienone is 2. The van der Waals surface area contributed by atoms with Gasteiger partial charge in [-0.25, -0.2) is 0 Å². The van der Waals surface area contributed by atoms with Crippen LogP contribution >= 0.6 is 17.0 Å². The first kappa shape index (κ1) is 30.6. The summed E-state index contributed by atoms with van der Waals surface area (Å²) in [6.07, 6.45) is 4.83. The zero-order chi connectivity index (χ0) is 31.8. The van der Waals surface area contributed by atoms with E-state index in [4.69, 9.17) is 17.0 Å². The molecule has 2 unspecified atom stereocenters. The third-order valence-corrected chi connectivity index (χ3v) is 83.7. The van der Waals surface area contributed by atoms with Crippen LogP contribution in [0.2, 0.25) is 11.5 Å². The third kappa shape index (κ3) is 4.42. The Morgan fingerprint density at radius 1 is 0.478 bits per heavy atom. The van der Waals surface area contributed by atoms with Gasteiger partial charge in [0.05, 0.1) is 0 Å². The van der Waals surface area contributed by atoms with Gasteiger partial charge < -0.3 is 0 Å². The SMILES string of the molecule is CC1=Cc2c(-c3cccc4ccccc34)cccc2[CH]1[Zr]([Cl])([Cl])([CH]1C(C)=Cc2c(-c3cccc4ccccc34)cccc21)=[Ge]([CH3])[CH3]. The van der Waals surface area contributed by atoms with E-state index in [1.165, 1.54) is 77.2 Å². The first-order valence-electron chi connectivity index (χ1n) is 16.1. The van der Waals surface area contributed by atoms with E-state index in [1.807, 2.05) is 0 Å². The Kier molecular flexibility index (Phi) is 7.46. The molecule has 0 saturated heterocycles. The van der Waals surface area contributed by atoms with E-state index < -0.39 is 23.3 Å². The topological polar surface area (TPSA) is 0 Å². The van der Waals surface area contributed by atoms with Gasteiger partial charge in [-0.1, -0.05) is 0 Å². The molecule has 0 saturated carbocycles. The van der Waals surface area contributed by atoms with Crippen molar-refractivity contribution in [2.75, 3.05) is 0 Å². The van der Waals surface area contributed by atoms with Crippen LogP contribution in [0, 0.1) is 0 Å². The fraction of sp³-hybridized carbons (Fsp3) is 0.143. The van der Waals surface area contributed by atoms with Crippen molar-refractivity contribution in [3.05, 3.63) is 155 Å². The van der Waals surface area contributed by atoms with Gasteiger partial charge in [-0.15, -0.1) is 0 Å². The van der Waals surface area contributed by atoms with Gasteiger partial charge in [0.15, 0.2) is 0 Å². The van der Waals surface area contributed by atoms with Crippen molar-refractivity contribution in [3.8, 4) is 22.3 Å². The molecule has 2 aliphatic carbocycles. The van der Waals surface area contributed by atoms with Gasteiger partial charge in [0.2, 0.25) is 0 Å². The maximum absolute atomic E-state index is 8.54. The molecule has 0 nitrogen and oxygen atoms in total. The molecule has 0 N–H and O–H groups in total. The molecular formula is C42H36Cl2GeZr. The minimum atomic E-state index is -4.75. The van der Waals surface area contributed by atoms with Gasteiger partial charge in [0, 0.05) is 0 Å². The summed E-state index contributed by atoms with van der Waals surface area (Å²) in [7, 11) is 15.1. The average molecular weight is 775 g/mol. The first-order valence-corrected chi connectivity index (χ1v) is 36.9. The molecule has 2 atom stereocenters. The Bertz CT molecular complexity index is 2220. The number of hydrogen-bond donors (Lipinski definition) is 0. The van der Waals surface area contributed by atoms with E-state index in [0.717, 1.165) is 0 Å². The molecule has 0 radical (unpaired) electrons. The van der Waals surface area contributed by atoms with Crippen LogP contribution in [0.15, 0.2) is 132 Å². The van der Waals surface area contributed by atoms with E-state index in [1.54, 1.807) is 0 Å². The molecule has 0 heterocycles. The van der Waals surface area contributed by atoms with Gasteiger partial charge in [-0.2, -0.15) is 0 Å². The van der Waals surface area contributed by atoms with Crippen LogP contribution in [0.3, 0.4) is 0 Å². The zero-order valence-electron chi connectivity index (χ0n) is 26.6. The summed E-state index contributed by atoms with van der Waals surface area (Å²) in [5, 5.41) is 5.07. The van der Waals surface area contributed by atoms with Crippen molar-refractivity contribution < 1.29 is 13.3 Å². The Hall–Kier alpha value is -2.67. The summed E-state index contributed by atoms with van der Waals surface area (Å²) in [6.45, 7) is 4.58. The standard InChI is InChI=1S/2C20H15.C2H6Ge.2ClH.Zr/c2*1-14-12-16-8-5-11-19(20(16)13-14)18-10-4-7-15-6-2-3-9-17(15)18;1-3-2;;;/h2*2-13H,1H3;1-2H3;2*1H;/q;;;;;+2/p-2. The normalized spacial score (nSPS) is 17.5. The van der Waals surface area contributed by atoms with Gasteiger partial charge in [-0.3, -0.25) is 0 Å². The summed E-state index contributed by atoms with van der Waals surface area (Å²) in [6, 6.07) is 44.3. The van der Waals surface area contributed by atoms with Crippen molar-refractivity contribution in [3.63, 3.8) is 0 Å². The quantitative estimate of drug-likeness (QED) is 0.157. The molecular weight excluding hydrogens is 739 g/mol. The van der Waals surface area contributed by atoms with E-state index >= 15 is 0 Å². The molecule has 226 valence electrons. The van der Waals surface area contributed by atoms with Crippen LogP contribution in [0.25, 0.3) is 56.0 Å². The molecule has 2 aliphatic rings.